The van der Waals surface area contributed by atoms with Crippen LogP contribution < -0.4 is 10.6 Å². The van der Waals surface area contributed by atoms with Crippen LogP contribution in [0.2, 0.25) is 0 Å². The molecule has 35 heavy (non-hydrogen) atoms. The lowest BCUT2D eigenvalue weighted by Crippen LogP contribution is -2.44. The minimum absolute atomic E-state index is 0.0392. The highest BCUT2D eigenvalue weighted by Crippen LogP contribution is 2.40. The van der Waals surface area contributed by atoms with Crippen LogP contribution in [0.4, 0.5) is 18.9 Å². The Balaban J connectivity index is 1.89. The standard InChI is InChI=1S/C24H20F3N3O4S/c1-13-7-9-14(10-8-13)19-15(11-28)22(30-21(32)20(19)23(33)34-2)35-12-18(31)29-17-6-4-3-5-16(17)24(25,26)27/h3-10,19-20H,12H2,1-2H3,(H,29,31)(H,30,32)/t19-,20-/m1/s1. The second kappa shape index (κ2) is 10.7. The molecule has 0 radical (unpaired) electrons. The number of rotatable bonds is 6. The van der Waals surface area contributed by atoms with Crippen molar-refractivity contribution in [2.45, 2.75) is 19.0 Å². The number of thioether (sulfide) groups is 1. The van der Waals surface area contributed by atoms with E-state index in [0.29, 0.717) is 5.56 Å². The minimum Gasteiger partial charge on any atom is -0.468 e. The summed E-state index contributed by atoms with van der Waals surface area (Å²) < 4.78 is 44.3. The molecule has 0 unspecified atom stereocenters. The molecule has 0 saturated carbocycles. The summed E-state index contributed by atoms with van der Waals surface area (Å²) in [5.41, 5.74) is 0.0885. The van der Waals surface area contributed by atoms with Crippen LogP contribution in [-0.4, -0.2) is 30.6 Å². The summed E-state index contributed by atoms with van der Waals surface area (Å²) >= 11 is 0.777. The van der Waals surface area contributed by atoms with E-state index in [1.165, 1.54) is 12.1 Å². The van der Waals surface area contributed by atoms with Gasteiger partial charge >= 0.3 is 12.1 Å². The summed E-state index contributed by atoms with van der Waals surface area (Å²) in [5, 5.41) is 14.6. The average Bonchev–Trinajstić information content (AvgIpc) is 2.82. The summed E-state index contributed by atoms with van der Waals surface area (Å²) in [6.45, 7) is 1.85. The molecule has 3 rings (SSSR count). The number of anilines is 1. The summed E-state index contributed by atoms with van der Waals surface area (Å²) in [5.74, 6) is -4.99. The SMILES string of the molecule is COC(=O)[C@H]1C(=O)NC(SCC(=O)Nc2ccccc2C(F)(F)F)=C(C#N)[C@H]1c1ccc(C)cc1. The van der Waals surface area contributed by atoms with Crippen LogP contribution in [0.5, 0.6) is 0 Å². The molecule has 0 fully saturated rings. The van der Waals surface area contributed by atoms with Gasteiger partial charge in [0.05, 0.1) is 40.8 Å². The van der Waals surface area contributed by atoms with E-state index in [4.69, 9.17) is 4.74 Å². The number of benzene rings is 2. The van der Waals surface area contributed by atoms with Gasteiger partial charge in [0.2, 0.25) is 11.8 Å². The lowest BCUT2D eigenvalue weighted by Gasteiger charge is -2.31. The van der Waals surface area contributed by atoms with Gasteiger partial charge in [0, 0.05) is 5.92 Å². The second-order valence-corrected chi connectivity index (χ2v) is 8.60. The molecular formula is C24H20F3N3O4S. The molecule has 2 aromatic rings. The largest absolute Gasteiger partial charge is 0.468 e. The Morgan fingerprint density at radius 1 is 1.17 bits per heavy atom. The first-order chi connectivity index (χ1) is 16.6. The predicted molar refractivity (Wildman–Crippen MR) is 123 cm³/mol. The number of nitrogens with zero attached hydrogens (tertiary/aromatic N) is 1. The molecule has 2 N–H and O–H groups in total. The highest BCUT2D eigenvalue weighted by molar-refractivity contribution is 8.03. The molecule has 7 nitrogen and oxygen atoms in total. The third-order valence-electron chi connectivity index (χ3n) is 5.27. The van der Waals surface area contributed by atoms with Crippen LogP contribution >= 0.6 is 11.8 Å². The van der Waals surface area contributed by atoms with E-state index in [1.54, 1.807) is 24.3 Å². The molecule has 11 heteroatoms. The van der Waals surface area contributed by atoms with E-state index in [2.05, 4.69) is 10.6 Å². The maximum Gasteiger partial charge on any atom is 0.418 e. The van der Waals surface area contributed by atoms with Crippen molar-refractivity contribution < 1.29 is 32.3 Å². The number of nitrogens with one attached hydrogen (secondary N) is 2. The van der Waals surface area contributed by atoms with E-state index in [1.807, 2.05) is 13.0 Å². The summed E-state index contributed by atoms with van der Waals surface area (Å²) in [7, 11) is 1.13. The van der Waals surface area contributed by atoms with Crippen molar-refractivity contribution in [2.75, 3.05) is 18.2 Å². The topological polar surface area (TPSA) is 108 Å². The lowest BCUT2D eigenvalue weighted by atomic mass is 9.78. The van der Waals surface area contributed by atoms with Gasteiger partial charge in [-0.1, -0.05) is 53.7 Å². The van der Waals surface area contributed by atoms with Gasteiger partial charge in [0.15, 0.2) is 0 Å². The van der Waals surface area contributed by atoms with E-state index in [0.717, 1.165) is 36.6 Å². The van der Waals surface area contributed by atoms with E-state index in [-0.39, 0.29) is 10.6 Å². The zero-order valence-electron chi connectivity index (χ0n) is 18.6. The number of allylic oxidation sites excluding steroid dienone is 1. The average molecular weight is 504 g/mol. The molecule has 0 aliphatic carbocycles. The molecule has 0 spiro atoms. The molecule has 0 saturated heterocycles. The molecule has 2 aromatic carbocycles. The fraction of sp³-hybridized carbons (Fsp3) is 0.250. The van der Waals surface area contributed by atoms with Crippen molar-refractivity contribution in [2.24, 2.45) is 5.92 Å². The van der Waals surface area contributed by atoms with Crippen molar-refractivity contribution in [3.05, 3.63) is 75.8 Å². The van der Waals surface area contributed by atoms with Crippen molar-refractivity contribution in [1.82, 2.24) is 5.32 Å². The lowest BCUT2D eigenvalue weighted by molar-refractivity contribution is -0.150. The number of methoxy groups -OCH3 is 1. The monoisotopic (exact) mass is 503 g/mol. The van der Waals surface area contributed by atoms with Gasteiger partial charge in [-0.15, -0.1) is 0 Å². The van der Waals surface area contributed by atoms with Crippen LogP contribution in [-0.2, 0) is 25.3 Å². The first-order valence-electron chi connectivity index (χ1n) is 10.2. The Morgan fingerprint density at radius 3 is 2.43 bits per heavy atom. The number of hydrogen-bond acceptors (Lipinski definition) is 6. The fourth-order valence-electron chi connectivity index (χ4n) is 3.62. The number of amides is 2. The fourth-order valence-corrected chi connectivity index (χ4v) is 4.47. The number of ether oxygens (including phenoxy) is 1. The highest BCUT2D eigenvalue weighted by Gasteiger charge is 2.44. The molecule has 182 valence electrons. The number of esters is 1. The first-order valence-corrected chi connectivity index (χ1v) is 11.2. The number of nitriles is 1. The van der Waals surface area contributed by atoms with Crippen LogP contribution in [0.1, 0.15) is 22.6 Å². The molecule has 1 aliphatic heterocycles. The Labute approximate surface area is 203 Å². The molecule has 1 heterocycles. The maximum absolute atomic E-state index is 13.2. The number of hydrogen-bond donors (Lipinski definition) is 2. The van der Waals surface area contributed by atoms with Gasteiger partial charge in [-0.05, 0) is 24.6 Å². The van der Waals surface area contributed by atoms with Crippen LogP contribution in [0.15, 0.2) is 59.1 Å². The van der Waals surface area contributed by atoms with E-state index >= 15 is 0 Å². The first kappa shape index (κ1) is 25.8. The van der Waals surface area contributed by atoms with E-state index < -0.39 is 52.8 Å². The molecule has 1 aliphatic rings. The summed E-state index contributed by atoms with van der Waals surface area (Å²) in [6.07, 6.45) is -4.66. The Bertz CT molecular complexity index is 1220. The maximum atomic E-state index is 13.2. The van der Waals surface area contributed by atoms with E-state index in [9.17, 15) is 32.8 Å². The zero-order valence-corrected chi connectivity index (χ0v) is 19.4. The smallest absolute Gasteiger partial charge is 0.418 e. The van der Waals surface area contributed by atoms with Gasteiger partial charge in [-0.2, -0.15) is 18.4 Å². The number of carbonyl (C=O) groups is 3. The van der Waals surface area contributed by atoms with Crippen molar-refractivity contribution in [3.8, 4) is 6.07 Å². The minimum atomic E-state index is -4.66. The number of para-hydroxylation sites is 1. The second-order valence-electron chi connectivity index (χ2n) is 7.61. The van der Waals surface area contributed by atoms with Crippen molar-refractivity contribution >= 4 is 35.2 Å². The third kappa shape index (κ3) is 5.84. The summed E-state index contributed by atoms with van der Waals surface area (Å²) in [4.78, 5) is 37.6. The Kier molecular flexibility index (Phi) is 7.86. The number of halogens is 3. The third-order valence-corrected chi connectivity index (χ3v) is 6.29. The van der Waals surface area contributed by atoms with Gasteiger partial charge in [-0.3, -0.25) is 14.4 Å². The van der Waals surface area contributed by atoms with Crippen LogP contribution in [0.25, 0.3) is 0 Å². The molecule has 2 amide bonds. The molecule has 0 aromatic heterocycles. The van der Waals surface area contributed by atoms with Gasteiger partial charge in [-0.25, -0.2) is 0 Å². The van der Waals surface area contributed by atoms with Gasteiger partial charge in [0.1, 0.15) is 5.92 Å². The van der Waals surface area contributed by atoms with Crippen LogP contribution in [0.3, 0.4) is 0 Å². The quantitative estimate of drug-likeness (QED) is 0.454. The summed E-state index contributed by atoms with van der Waals surface area (Å²) in [6, 6.07) is 13.5. The molecule has 0 bridgehead atoms. The predicted octanol–water partition coefficient (Wildman–Crippen LogP) is 4.12. The number of carbonyl (C=O) groups excluding carboxylic acids is 3. The highest BCUT2D eigenvalue weighted by atomic mass is 32.2. The normalized spacial score (nSPS) is 17.9. The number of alkyl halides is 3. The molecule has 2 atom stereocenters. The van der Waals surface area contributed by atoms with Crippen molar-refractivity contribution in [1.29, 1.82) is 5.26 Å². The van der Waals surface area contributed by atoms with Crippen molar-refractivity contribution in [3.63, 3.8) is 0 Å². The zero-order chi connectivity index (χ0) is 25.8. The molecular weight excluding hydrogens is 483 g/mol. The number of aryl methyl sites for hydroxylation is 1. The Hall–Kier alpha value is -3.78. The van der Waals surface area contributed by atoms with Gasteiger partial charge < -0.3 is 15.4 Å². The Morgan fingerprint density at radius 2 is 1.83 bits per heavy atom. The van der Waals surface area contributed by atoms with Crippen LogP contribution in [0, 0.1) is 24.2 Å². The van der Waals surface area contributed by atoms with Gasteiger partial charge in [0.25, 0.3) is 0 Å².